The first-order chi connectivity index (χ1) is 8.84. The Kier molecular flexibility index (Phi) is 3.15. The van der Waals surface area contributed by atoms with Crippen LogP contribution in [0.15, 0.2) is 42.6 Å². The van der Waals surface area contributed by atoms with Crippen LogP contribution in [0.3, 0.4) is 0 Å². The lowest BCUT2D eigenvalue weighted by molar-refractivity contribution is 0.275. The zero-order valence-corrected chi connectivity index (χ0v) is 10.5. The molecule has 94 valence electrons. The third-order valence-electron chi connectivity index (χ3n) is 3.86. The van der Waals surface area contributed by atoms with Gasteiger partial charge in [0.05, 0.1) is 11.4 Å². The number of nitrogens with zero attached hydrogens (tertiary/aromatic N) is 2. The monoisotopic (exact) mass is 241 g/mol. The maximum atomic E-state index is 6.33. The van der Waals surface area contributed by atoms with E-state index in [0.29, 0.717) is 0 Å². The fourth-order valence-electron chi connectivity index (χ4n) is 2.59. The Morgan fingerprint density at radius 1 is 1.22 bits per heavy atom. The fourth-order valence-corrected chi connectivity index (χ4v) is 2.59. The Morgan fingerprint density at radius 3 is 2.67 bits per heavy atom. The third-order valence-corrected chi connectivity index (χ3v) is 3.86. The molecule has 0 spiro atoms. The van der Waals surface area contributed by atoms with E-state index >= 15 is 0 Å². The smallest absolute Gasteiger partial charge is 0.0649 e. The maximum absolute atomic E-state index is 6.33. The van der Waals surface area contributed by atoms with Crippen molar-refractivity contribution in [2.24, 2.45) is 11.7 Å². The van der Waals surface area contributed by atoms with Gasteiger partial charge in [-0.2, -0.15) is 5.10 Å². The summed E-state index contributed by atoms with van der Waals surface area (Å²) >= 11 is 0. The molecular weight excluding hydrogens is 222 g/mol. The standard InChI is InChI=1S/C15H19N3/c16-14(11-12-5-4-6-12)15-9-10-17-18(15)13-7-2-1-3-8-13/h1-3,7-10,12,14H,4-6,11,16H2. The van der Waals surface area contributed by atoms with Crippen LogP contribution in [0.1, 0.15) is 37.4 Å². The summed E-state index contributed by atoms with van der Waals surface area (Å²) in [6.07, 6.45) is 6.97. The number of nitrogens with two attached hydrogens (primary N) is 1. The first kappa shape index (κ1) is 11.5. The van der Waals surface area contributed by atoms with E-state index in [4.69, 9.17) is 5.73 Å². The van der Waals surface area contributed by atoms with E-state index < -0.39 is 0 Å². The lowest BCUT2D eigenvalue weighted by Crippen LogP contribution is -2.22. The fraction of sp³-hybridized carbons (Fsp3) is 0.400. The Hall–Kier alpha value is -1.61. The molecule has 0 bridgehead atoms. The molecule has 1 fully saturated rings. The highest BCUT2D eigenvalue weighted by Crippen LogP contribution is 2.34. The van der Waals surface area contributed by atoms with Crippen LogP contribution in [-0.2, 0) is 0 Å². The van der Waals surface area contributed by atoms with Gasteiger partial charge in [-0.05, 0) is 30.5 Å². The van der Waals surface area contributed by atoms with E-state index in [1.165, 1.54) is 19.3 Å². The number of para-hydroxylation sites is 1. The second-order valence-corrected chi connectivity index (χ2v) is 5.14. The summed E-state index contributed by atoms with van der Waals surface area (Å²) in [6, 6.07) is 12.3. The Morgan fingerprint density at radius 2 is 2.00 bits per heavy atom. The Bertz CT molecular complexity index is 499. The summed E-state index contributed by atoms with van der Waals surface area (Å²) in [5.41, 5.74) is 8.53. The number of hydrogen-bond donors (Lipinski definition) is 1. The minimum Gasteiger partial charge on any atom is -0.323 e. The van der Waals surface area contributed by atoms with E-state index in [2.05, 4.69) is 17.2 Å². The molecule has 1 aliphatic carbocycles. The predicted octanol–water partition coefficient (Wildman–Crippen LogP) is 3.06. The molecule has 0 saturated heterocycles. The SMILES string of the molecule is NC(CC1CCC1)c1ccnn1-c1ccccc1. The first-order valence-electron chi connectivity index (χ1n) is 6.69. The topological polar surface area (TPSA) is 43.8 Å². The molecule has 1 atom stereocenters. The van der Waals surface area contributed by atoms with E-state index in [-0.39, 0.29) is 6.04 Å². The summed E-state index contributed by atoms with van der Waals surface area (Å²) < 4.78 is 1.96. The molecule has 1 unspecified atom stereocenters. The predicted molar refractivity (Wildman–Crippen MR) is 72.5 cm³/mol. The maximum Gasteiger partial charge on any atom is 0.0649 e. The summed E-state index contributed by atoms with van der Waals surface area (Å²) in [5, 5.41) is 4.40. The van der Waals surface area contributed by atoms with E-state index in [0.717, 1.165) is 23.7 Å². The van der Waals surface area contributed by atoms with Gasteiger partial charge in [0.15, 0.2) is 0 Å². The lowest BCUT2D eigenvalue weighted by Gasteiger charge is -2.28. The van der Waals surface area contributed by atoms with Crippen LogP contribution in [0.25, 0.3) is 5.69 Å². The minimum atomic E-state index is 0.0954. The zero-order chi connectivity index (χ0) is 12.4. The highest BCUT2D eigenvalue weighted by Gasteiger charge is 2.22. The molecule has 3 rings (SSSR count). The van der Waals surface area contributed by atoms with Crippen molar-refractivity contribution in [2.75, 3.05) is 0 Å². The van der Waals surface area contributed by atoms with Gasteiger partial charge in [0, 0.05) is 12.2 Å². The first-order valence-corrected chi connectivity index (χ1v) is 6.69. The normalized spacial score (nSPS) is 17.4. The van der Waals surface area contributed by atoms with Gasteiger partial charge in [-0.1, -0.05) is 37.5 Å². The third kappa shape index (κ3) is 2.18. The molecule has 3 heteroatoms. The quantitative estimate of drug-likeness (QED) is 0.894. The molecule has 0 radical (unpaired) electrons. The number of benzene rings is 1. The lowest BCUT2D eigenvalue weighted by atomic mass is 9.80. The number of rotatable bonds is 4. The molecule has 0 amide bonds. The molecule has 1 heterocycles. The summed E-state index contributed by atoms with van der Waals surface area (Å²) in [5.74, 6) is 0.819. The largest absolute Gasteiger partial charge is 0.323 e. The van der Waals surface area contributed by atoms with Crippen molar-refractivity contribution in [3.05, 3.63) is 48.3 Å². The molecule has 18 heavy (non-hydrogen) atoms. The molecule has 1 aromatic heterocycles. The van der Waals surface area contributed by atoms with Crippen LogP contribution in [0, 0.1) is 5.92 Å². The minimum absolute atomic E-state index is 0.0954. The van der Waals surface area contributed by atoms with Gasteiger partial charge in [0.1, 0.15) is 0 Å². The van der Waals surface area contributed by atoms with Crippen LogP contribution in [0.4, 0.5) is 0 Å². The van der Waals surface area contributed by atoms with Crippen LogP contribution in [0.5, 0.6) is 0 Å². The van der Waals surface area contributed by atoms with Gasteiger partial charge in [-0.25, -0.2) is 4.68 Å². The summed E-state index contributed by atoms with van der Waals surface area (Å²) in [4.78, 5) is 0. The van der Waals surface area contributed by atoms with Gasteiger partial charge in [0.2, 0.25) is 0 Å². The number of hydrogen-bond acceptors (Lipinski definition) is 2. The van der Waals surface area contributed by atoms with Gasteiger partial charge in [-0.15, -0.1) is 0 Å². The van der Waals surface area contributed by atoms with Gasteiger partial charge in [-0.3, -0.25) is 0 Å². The van der Waals surface area contributed by atoms with Crippen LogP contribution >= 0.6 is 0 Å². The van der Waals surface area contributed by atoms with Crippen molar-refractivity contribution >= 4 is 0 Å². The highest BCUT2D eigenvalue weighted by atomic mass is 15.3. The van der Waals surface area contributed by atoms with Crippen molar-refractivity contribution in [3.63, 3.8) is 0 Å². The summed E-state index contributed by atoms with van der Waals surface area (Å²) in [6.45, 7) is 0. The molecule has 1 aromatic carbocycles. The van der Waals surface area contributed by atoms with E-state index in [9.17, 15) is 0 Å². The Balaban J connectivity index is 1.82. The van der Waals surface area contributed by atoms with Crippen molar-refractivity contribution in [1.82, 2.24) is 9.78 Å². The summed E-state index contributed by atoms with van der Waals surface area (Å²) in [7, 11) is 0. The average Bonchev–Trinajstić information content (AvgIpc) is 2.84. The van der Waals surface area contributed by atoms with Crippen molar-refractivity contribution < 1.29 is 0 Å². The molecule has 3 nitrogen and oxygen atoms in total. The van der Waals surface area contributed by atoms with Gasteiger partial charge in [0.25, 0.3) is 0 Å². The highest BCUT2D eigenvalue weighted by molar-refractivity contribution is 5.33. The Labute approximate surface area is 108 Å². The number of aromatic nitrogens is 2. The molecule has 2 aromatic rings. The second kappa shape index (κ2) is 4.94. The molecular formula is C15H19N3. The van der Waals surface area contributed by atoms with Crippen molar-refractivity contribution in [3.8, 4) is 5.69 Å². The van der Waals surface area contributed by atoms with Gasteiger partial charge < -0.3 is 5.73 Å². The van der Waals surface area contributed by atoms with Gasteiger partial charge >= 0.3 is 0 Å². The molecule has 2 N–H and O–H groups in total. The molecule has 1 saturated carbocycles. The average molecular weight is 241 g/mol. The van der Waals surface area contributed by atoms with E-state index in [1.54, 1.807) is 0 Å². The van der Waals surface area contributed by atoms with Crippen molar-refractivity contribution in [1.29, 1.82) is 0 Å². The van der Waals surface area contributed by atoms with E-state index in [1.807, 2.05) is 35.1 Å². The van der Waals surface area contributed by atoms with Crippen LogP contribution in [0.2, 0.25) is 0 Å². The van der Waals surface area contributed by atoms with Crippen LogP contribution < -0.4 is 5.73 Å². The van der Waals surface area contributed by atoms with Crippen LogP contribution in [-0.4, -0.2) is 9.78 Å². The molecule has 1 aliphatic rings. The zero-order valence-electron chi connectivity index (χ0n) is 10.5. The van der Waals surface area contributed by atoms with Crippen molar-refractivity contribution in [2.45, 2.75) is 31.7 Å². The molecule has 0 aliphatic heterocycles. The second-order valence-electron chi connectivity index (χ2n) is 5.14.